The van der Waals surface area contributed by atoms with Crippen LogP contribution in [0.4, 0.5) is 0 Å². The second kappa shape index (κ2) is 6.77. The summed E-state index contributed by atoms with van der Waals surface area (Å²) in [4.78, 5) is 0. The monoisotopic (exact) mass is 254 g/mol. The highest BCUT2D eigenvalue weighted by molar-refractivity contribution is 7.92. The van der Waals surface area contributed by atoms with Crippen LogP contribution in [0.2, 0.25) is 0 Å². The number of rotatable bonds is 6. The number of nitrogens with two attached hydrogens (primary N) is 1. The Bertz CT molecular complexity index is 434. The lowest BCUT2D eigenvalue weighted by molar-refractivity contribution is 0.648. The highest BCUT2D eigenvalue weighted by Crippen LogP contribution is 2.10. The largest absolute Gasteiger partial charge is 0.330 e. The molecule has 1 aromatic carbocycles. The van der Waals surface area contributed by atoms with Crippen LogP contribution in [0, 0.1) is 5.92 Å². The van der Waals surface area contributed by atoms with Crippen molar-refractivity contribution in [2.45, 2.75) is 19.6 Å². The zero-order valence-corrected chi connectivity index (χ0v) is 11.5. The van der Waals surface area contributed by atoms with Gasteiger partial charge in [-0.1, -0.05) is 44.2 Å². The molecule has 3 nitrogen and oxygen atoms in total. The van der Waals surface area contributed by atoms with Gasteiger partial charge in [0.25, 0.3) is 0 Å². The molecule has 0 bridgehead atoms. The molecular formula is C13H22N2OS. The van der Waals surface area contributed by atoms with Crippen LogP contribution in [0.3, 0.4) is 0 Å². The Kier molecular flexibility index (Phi) is 5.65. The Labute approximate surface area is 105 Å². The first kappa shape index (κ1) is 14.2. The third-order valence-corrected chi connectivity index (χ3v) is 4.62. The lowest BCUT2D eigenvalue weighted by Crippen LogP contribution is -2.18. The van der Waals surface area contributed by atoms with Gasteiger partial charge < -0.3 is 5.73 Å². The molecule has 96 valence electrons. The first-order valence-corrected chi connectivity index (χ1v) is 7.83. The maximum Gasteiger partial charge on any atom is 0.0568 e. The molecule has 0 saturated heterocycles. The zero-order valence-electron chi connectivity index (χ0n) is 10.6. The lowest BCUT2D eigenvalue weighted by atomic mass is 10.2. The van der Waals surface area contributed by atoms with E-state index in [4.69, 9.17) is 5.73 Å². The number of nitrogens with zero attached hydrogens (tertiary/aromatic N) is 1. The highest BCUT2D eigenvalue weighted by atomic mass is 32.2. The predicted molar refractivity (Wildman–Crippen MR) is 74.3 cm³/mol. The first-order valence-electron chi connectivity index (χ1n) is 5.98. The standard InChI is InChI=1S/C13H22N2OS/c1-12(2)10-15-17(16,9-8-14)11-13-6-4-3-5-7-13/h3-7,12H,8-11,14H2,1-2H3. The molecule has 0 heterocycles. The normalized spacial score (nSPS) is 14.6. The minimum Gasteiger partial charge on any atom is -0.330 e. The van der Waals surface area contributed by atoms with Gasteiger partial charge in [-0.2, -0.15) is 0 Å². The van der Waals surface area contributed by atoms with Crippen LogP contribution in [-0.2, 0) is 15.5 Å². The van der Waals surface area contributed by atoms with Crippen LogP contribution >= 0.6 is 0 Å². The molecule has 0 amide bonds. The van der Waals surface area contributed by atoms with Gasteiger partial charge in [0.15, 0.2) is 0 Å². The van der Waals surface area contributed by atoms with Gasteiger partial charge in [0, 0.05) is 12.3 Å². The molecule has 0 aliphatic carbocycles. The molecule has 0 spiro atoms. The van der Waals surface area contributed by atoms with E-state index in [9.17, 15) is 4.21 Å². The molecule has 0 saturated carbocycles. The molecule has 17 heavy (non-hydrogen) atoms. The second-order valence-electron chi connectivity index (χ2n) is 4.60. The maximum absolute atomic E-state index is 12.6. The van der Waals surface area contributed by atoms with Gasteiger partial charge in [-0.05, 0) is 11.5 Å². The topological polar surface area (TPSA) is 55.5 Å². The van der Waals surface area contributed by atoms with Crippen molar-refractivity contribution in [1.82, 2.24) is 0 Å². The van der Waals surface area contributed by atoms with E-state index in [0.717, 1.165) is 5.56 Å². The number of benzene rings is 1. The summed E-state index contributed by atoms with van der Waals surface area (Å²) in [7, 11) is -2.19. The van der Waals surface area contributed by atoms with Crippen molar-refractivity contribution in [1.29, 1.82) is 0 Å². The Morgan fingerprint density at radius 2 is 1.94 bits per heavy atom. The predicted octanol–water partition coefficient (Wildman–Crippen LogP) is 2.27. The average molecular weight is 254 g/mol. The van der Waals surface area contributed by atoms with E-state index in [0.29, 0.717) is 30.5 Å². The number of hydrogen-bond acceptors (Lipinski definition) is 3. The summed E-state index contributed by atoms with van der Waals surface area (Å²) in [5.41, 5.74) is 6.60. The summed E-state index contributed by atoms with van der Waals surface area (Å²) < 4.78 is 17.0. The van der Waals surface area contributed by atoms with E-state index in [1.807, 2.05) is 30.3 Å². The summed E-state index contributed by atoms with van der Waals surface area (Å²) in [6.45, 7) is 5.22. The van der Waals surface area contributed by atoms with Gasteiger partial charge in [-0.15, -0.1) is 0 Å². The SMILES string of the molecule is CC(C)CN=S(=O)(CCN)Cc1ccccc1. The summed E-state index contributed by atoms with van der Waals surface area (Å²) in [6, 6.07) is 9.85. The van der Waals surface area contributed by atoms with Crippen LogP contribution in [0.25, 0.3) is 0 Å². The molecule has 4 heteroatoms. The lowest BCUT2D eigenvalue weighted by Gasteiger charge is -2.10. The van der Waals surface area contributed by atoms with Crippen molar-refractivity contribution >= 4 is 9.73 Å². The molecule has 0 radical (unpaired) electrons. The van der Waals surface area contributed by atoms with Gasteiger partial charge in [-0.25, -0.2) is 8.57 Å². The molecule has 1 rings (SSSR count). The van der Waals surface area contributed by atoms with Crippen molar-refractivity contribution in [3.63, 3.8) is 0 Å². The van der Waals surface area contributed by atoms with Crippen molar-refractivity contribution < 1.29 is 4.21 Å². The third-order valence-electron chi connectivity index (χ3n) is 2.35. The minimum absolute atomic E-state index is 0.424. The molecule has 0 fully saturated rings. The fraction of sp³-hybridized carbons (Fsp3) is 0.538. The summed E-state index contributed by atoms with van der Waals surface area (Å²) in [5, 5.41) is 0. The summed E-state index contributed by atoms with van der Waals surface area (Å²) in [6.07, 6.45) is 0. The van der Waals surface area contributed by atoms with E-state index in [2.05, 4.69) is 18.2 Å². The number of hydrogen-bond donors (Lipinski definition) is 1. The van der Waals surface area contributed by atoms with Gasteiger partial charge in [0.2, 0.25) is 0 Å². The van der Waals surface area contributed by atoms with Crippen molar-refractivity contribution in [2.75, 3.05) is 18.8 Å². The van der Waals surface area contributed by atoms with E-state index in [1.165, 1.54) is 0 Å². The van der Waals surface area contributed by atoms with E-state index >= 15 is 0 Å². The Balaban J connectivity index is 2.85. The van der Waals surface area contributed by atoms with Crippen LogP contribution < -0.4 is 5.73 Å². The van der Waals surface area contributed by atoms with Crippen LogP contribution in [0.5, 0.6) is 0 Å². The van der Waals surface area contributed by atoms with E-state index < -0.39 is 9.73 Å². The molecule has 2 N–H and O–H groups in total. The zero-order chi connectivity index (χ0) is 12.7. The minimum atomic E-state index is -2.19. The molecular weight excluding hydrogens is 232 g/mol. The fourth-order valence-electron chi connectivity index (χ4n) is 1.49. The molecule has 1 aromatic rings. The van der Waals surface area contributed by atoms with Gasteiger partial charge in [0.05, 0.1) is 22.0 Å². The molecule has 0 aromatic heterocycles. The van der Waals surface area contributed by atoms with Crippen molar-refractivity contribution in [2.24, 2.45) is 16.0 Å². The quantitative estimate of drug-likeness (QED) is 0.846. The molecule has 1 unspecified atom stereocenters. The van der Waals surface area contributed by atoms with Gasteiger partial charge in [0.1, 0.15) is 0 Å². The van der Waals surface area contributed by atoms with E-state index in [1.54, 1.807) is 0 Å². The molecule has 0 aliphatic rings. The Morgan fingerprint density at radius 1 is 1.29 bits per heavy atom. The highest BCUT2D eigenvalue weighted by Gasteiger charge is 2.09. The van der Waals surface area contributed by atoms with Crippen LogP contribution in [0.1, 0.15) is 19.4 Å². The second-order valence-corrected chi connectivity index (χ2v) is 7.10. The van der Waals surface area contributed by atoms with Crippen molar-refractivity contribution in [3.05, 3.63) is 35.9 Å². The first-order chi connectivity index (χ1) is 8.06. The van der Waals surface area contributed by atoms with Crippen LogP contribution in [-0.4, -0.2) is 23.1 Å². The third kappa shape index (κ3) is 5.33. The average Bonchev–Trinajstić information content (AvgIpc) is 2.28. The Hall–Kier alpha value is -0.870. The molecule has 0 aliphatic heterocycles. The smallest absolute Gasteiger partial charge is 0.0568 e. The van der Waals surface area contributed by atoms with E-state index in [-0.39, 0.29) is 0 Å². The fourth-order valence-corrected chi connectivity index (χ4v) is 3.50. The Morgan fingerprint density at radius 3 is 2.47 bits per heavy atom. The van der Waals surface area contributed by atoms with Gasteiger partial charge >= 0.3 is 0 Å². The maximum atomic E-state index is 12.6. The van der Waals surface area contributed by atoms with Crippen molar-refractivity contribution in [3.8, 4) is 0 Å². The summed E-state index contributed by atoms with van der Waals surface area (Å²) >= 11 is 0. The van der Waals surface area contributed by atoms with Gasteiger partial charge in [-0.3, -0.25) is 0 Å². The van der Waals surface area contributed by atoms with Crippen LogP contribution in [0.15, 0.2) is 34.7 Å². The summed E-state index contributed by atoms with van der Waals surface area (Å²) in [5.74, 6) is 1.43. The molecule has 1 atom stereocenters.